The first-order valence-electron chi connectivity index (χ1n) is 9.43. The number of methoxy groups -OCH3 is 1. The standard InChI is InChI=1S/C22H24N4O2/c1-27-21-8-4-18(5-9-21)19-14-23-22(24-15-19)25-20-6-2-17(3-7-20)16-26-10-12-28-13-11-26/h2-9,14-15H,10-13,16H2,1H3,(H,23,24,25). The highest BCUT2D eigenvalue weighted by atomic mass is 16.5. The maximum atomic E-state index is 5.40. The minimum Gasteiger partial charge on any atom is -0.497 e. The van der Waals surface area contributed by atoms with E-state index in [1.165, 1.54) is 5.56 Å². The molecule has 0 unspecified atom stereocenters. The molecule has 1 saturated heterocycles. The van der Waals surface area contributed by atoms with Gasteiger partial charge < -0.3 is 14.8 Å². The predicted molar refractivity (Wildman–Crippen MR) is 110 cm³/mol. The van der Waals surface area contributed by atoms with E-state index in [0.717, 1.165) is 55.4 Å². The molecular formula is C22H24N4O2. The van der Waals surface area contributed by atoms with Gasteiger partial charge in [0.2, 0.25) is 5.95 Å². The molecule has 2 aromatic carbocycles. The van der Waals surface area contributed by atoms with Gasteiger partial charge in [-0.3, -0.25) is 4.90 Å². The van der Waals surface area contributed by atoms with E-state index in [1.807, 2.05) is 36.7 Å². The van der Waals surface area contributed by atoms with Crippen molar-refractivity contribution < 1.29 is 9.47 Å². The van der Waals surface area contributed by atoms with Gasteiger partial charge in [0.05, 0.1) is 20.3 Å². The summed E-state index contributed by atoms with van der Waals surface area (Å²) in [6.07, 6.45) is 3.65. The van der Waals surface area contributed by atoms with Crippen LogP contribution in [0.2, 0.25) is 0 Å². The Kier molecular flexibility index (Phi) is 5.80. The summed E-state index contributed by atoms with van der Waals surface area (Å²) in [5, 5.41) is 3.26. The van der Waals surface area contributed by atoms with E-state index in [-0.39, 0.29) is 0 Å². The second kappa shape index (κ2) is 8.82. The van der Waals surface area contributed by atoms with Crippen LogP contribution in [0.3, 0.4) is 0 Å². The van der Waals surface area contributed by atoms with Gasteiger partial charge >= 0.3 is 0 Å². The van der Waals surface area contributed by atoms with Crippen LogP contribution in [-0.2, 0) is 11.3 Å². The molecule has 144 valence electrons. The second-order valence-electron chi connectivity index (χ2n) is 6.73. The summed E-state index contributed by atoms with van der Waals surface area (Å²) in [6.45, 7) is 4.59. The van der Waals surface area contributed by atoms with Gasteiger partial charge in [-0.15, -0.1) is 0 Å². The maximum Gasteiger partial charge on any atom is 0.227 e. The van der Waals surface area contributed by atoms with Crippen LogP contribution in [0.15, 0.2) is 60.9 Å². The van der Waals surface area contributed by atoms with Gasteiger partial charge in [0.15, 0.2) is 0 Å². The number of anilines is 2. The summed E-state index contributed by atoms with van der Waals surface area (Å²) >= 11 is 0. The highest BCUT2D eigenvalue weighted by molar-refractivity contribution is 5.63. The lowest BCUT2D eigenvalue weighted by Gasteiger charge is -2.26. The van der Waals surface area contributed by atoms with Crippen LogP contribution in [0.25, 0.3) is 11.1 Å². The predicted octanol–water partition coefficient (Wildman–Crippen LogP) is 3.73. The van der Waals surface area contributed by atoms with Crippen molar-refractivity contribution in [3.8, 4) is 16.9 Å². The van der Waals surface area contributed by atoms with Crippen molar-refractivity contribution in [3.63, 3.8) is 0 Å². The lowest BCUT2D eigenvalue weighted by molar-refractivity contribution is 0.0342. The largest absolute Gasteiger partial charge is 0.497 e. The maximum absolute atomic E-state index is 5.40. The number of nitrogens with one attached hydrogen (secondary N) is 1. The number of rotatable bonds is 6. The summed E-state index contributed by atoms with van der Waals surface area (Å²) in [5.74, 6) is 1.42. The zero-order valence-electron chi connectivity index (χ0n) is 16.0. The van der Waals surface area contributed by atoms with Gasteiger partial charge in [-0.05, 0) is 35.4 Å². The first-order valence-corrected chi connectivity index (χ1v) is 9.43. The molecule has 1 aliphatic heterocycles. The molecule has 0 atom stereocenters. The number of nitrogens with zero attached hydrogens (tertiary/aromatic N) is 3. The number of benzene rings is 2. The highest BCUT2D eigenvalue weighted by Crippen LogP contribution is 2.22. The Morgan fingerprint density at radius 2 is 1.61 bits per heavy atom. The molecular weight excluding hydrogens is 352 g/mol. The molecule has 0 radical (unpaired) electrons. The van der Waals surface area contributed by atoms with Crippen LogP contribution < -0.4 is 10.1 Å². The van der Waals surface area contributed by atoms with Crippen molar-refractivity contribution in [1.29, 1.82) is 0 Å². The Balaban J connectivity index is 1.37. The van der Waals surface area contributed by atoms with E-state index in [1.54, 1.807) is 7.11 Å². The number of aromatic nitrogens is 2. The molecule has 6 nitrogen and oxygen atoms in total. The van der Waals surface area contributed by atoms with Crippen LogP contribution >= 0.6 is 0 Å². The number of morpholine rings is 1. The summed E-state index contributed by atoms with van der Waals surface area (Å²) in [7, 11) is 1.66. The zero-order valence-corrected chi connectivity index (χ0v) is 16.0. The SMILES string of the molecule is COc1ccc(-c2cnc(Nc3ccc(CN4CCOCC4)cc3)nc2)cc1. The van der Waals surface area contributed by atoms with E-state index in [2.05, 4.69) is 44.5 Å². The van der Waals surface area contributed by atoms with Crippen LogP contribution in [0.4, 0.5) is 11.6 Å². The molecule has 0 aliphatic carbocycles. The van der Waals surface area contributed by atoms with E-state index in [0.29, 0.717) is 5.95 Å². The smallest absolute Gasteiger partial charge is 0.227 e. The third-order valence-corrected chi connectivity index (χ3v) is 4.80. The van der Waals surface area contributed by atoms with Crippen molar-refractivity contribution in [1.82, 2.24) is 14.9 Å². The Morgan fingerprint density at radius 3 is 2.25 bits per heavy atom. The van der Waals surface area contributed by atoms with Crippen LogP contribution in [0.1, 0.15) is 5.56 Å². The molecule has 6 heteroatoms. The van der Waals surface area contributed by atoms with Crippen molar-refractivity contribution in [2.75, 3.05) is 38.7 Å². The molecule has 0 bridgehead atoms. The van der Waals surface area contributed by atoms with Crippen LogP contribution in [-0.4, -0.2) is 48.3 Å². The molecule has 1 fully saturated rings. The quantitative estimate of drug-likeness (QED) is 0.707. The first-order chi connectivity index (χ1) is 13.8. The fourth-order valence-corrected chi connectivity index (χ4v) is 3.17. The number of ether oxygens (including phenoxy) is 2. The van der Waals surface area contributed by atoms with Gasteiger partial charge in [-0.2, -0.15) is 0 Å². The van der Waals surface area contributed by atoms with Gasteiger partial charge in [0.25, 0.3) is 0 Å². The third kappa shape index (κ3) is 4.65. The normalized spacial score (nSPS) is 14.6. The minimum atomic E-state index is 0.582. The molecule has 1 aromatic heterocycles. The van der Waals surface area contributed by atoms with Gasteiger partial charge in [-0.25, -0.2) is 9.97 Å². The van der Waals surface area contributed by atoms with E-state index in [4.69, 9.17) is 9.47 Å². The van der Waals surface area contributed by atoms with Crippen LogP contribution in [0, 0.1) is 0 Å². The third-order valence-electron chi connectivity index (χ3n) is 4.80. The van der Waals surface area contributed by atoms with Gasteiger partial charge in [0, 0.05) is 43.3 Å². The molecule has 2 heterocycles. The Hall–Kier alpha value is -2.96. The first kappa shape index (κ1) is 18.4. The average Bonchev–Trinajstić information content (AvgIpc) is 2.76. The summed E-state index contributed by atoms with van der Waals surface area (Å²) in [6, 6.07) is 16.3. The summed E-state index contributed by atoms with van der Waals surface area (Å²) < 4.78 is 10.6. The van der Waals surface area contributed by atoms with Crippen molar-refractivity contribution in [2.45, 2.75) is 6.54 Å². The van der Waals surface area contributed by atoms with Crippen molar-refractivity contribution in [2.24, 2.45) is 0 Å². The van der Waals surface area contributed by atoms with Gasteiger partial charge in [-0.1, -0.05) is 24.3 Å². The molecule has 1 aliphatic rings. The second-order valence-corrected chi connectivity index (χ2v) is 6.73. The lowest BCUT2D eigenvalue weighted by Crippen LogP contribution is -2.35. The molecule has 3 aromatic rings. The Labute approximate surface area is 165 Å². The van der Waals surface area contributed by atoms with Crippen LogP contribution in [0.5, 0.6) is 5.75 Å². The summed E-state index contributed by atoms with van der Waals surface area (Å²) in [5.41, 5.74) is 4.29. The number of hydrogen-bond acceptors (Lipinski definition) is 6. The van der Waals surface area contributed by atoms with E-state index < -0.39 is 0 Å². The molecule has 4 rings (SSSR count). The van der Waals surface area contributed by atoms with E-state index in [9.17, 15) is 0 Å². The highest BCUT2D eigenvalue weighted by Gasteiger charge is 2.10. The number of hydrogen-bond donors (Lipinski definition) is 1. The molecule has 0 spiro atoms. The van der Waals surface area contributed by atoms with E-state index >= 15 is 0 Å². The molecule has 0 saturated carbocycles. The summed E-state index contributed by atoms with van der Waals surface area (Å²) in [4.78, 5) is 11.3. The topological polar surface area (TPSA) is 59.5 Å². The van der Waals surface area contributed by atoms with Crippen molar-refractivity contribution in [3.05, 3.63) is 66.5 Å². The minimum absolute atomic E-state index is 0.582. The fourth-order valence-electron chi connectivity index (χ4n) is 3.17. The van der Waals surface area contributed by atoms with Gasteiger partial charge in [0.1, 0.15) is 5.75 Å². The zero-order chi connectivity index (χ0) is 19.2. The Morgan fingerprint density at radius 1 is 0.929 bits per heavy atom. The monoisotopic (exact) mass is 376 g/mol. The lowest BCUT2D eigenvalue weighted by atomic mass is 10.1. The fraction of sp³-hybridized carbons (Fsp3) is 0.273. The molecule has 1 N–H and O–H groups in total. The molecule has 28 heavy (non-hydrogen) atoms. The average molecular weight is 376 g/mol. The Bertz CT molecular complexity index is 874. The molecule has 0 amide bonds. The van der Waals surface area contributed by atoms with Crippen molar-refractivity contribution >= 4 is 11.6 Å².